The van der Waals surface area contributed by atoms with Crippen molar-refractivity contribution in [2.45, 2.75) is 39.8 Å². The minimum atomic E-state index is -0.863. The van der Waals surface area contributed by atoms with Crippen molar-refractivity contribution >= 4 is 23.5 Å². The third-order valence-electron chi connectivity index (χ3n) is 5.44. The fraction of sp³-hybridized carbons (Fsp3) is 0.500. The topological polar surface area (TPSA) is 99.5 Å². The molecule has 2 heterocycles. The highest BCUT2D eigenvalue weighted by Gasteiger charge is 2.35. The molecule has 1 atom stereocenters. The molecule has 0 radical (unpaired) electrons. The standard InChI is InChI=1S/C22H29ClFN5O3/c1-22(2,3)19(20(31)25-8-10-30)26-21(32)29-17-12-28(4)9-7-15(17)18(27-29)14-6-5-13(23)11-16(14)24/h5-6,11,19,30H,7-10,12H2,1-4H3,(H,25,31)(H,26,32)/t19-/m1/s1. The molecule has 1 aromatic carbocycles. The van der Waals surface area contributed by atoms with E-state index in [9.17, 15) is 14.0 Å². The molecule has 2 aromatic rings. The number of aliphatic hydroxyl groups excluding tert-OH is 1. The average molecular weight is 466 g/mol. The summed E-state index contributed by atoms with van der Waals surface area (Å²) in [6.45, 7) is 6.58. The van der Waals surface area contributed by atoms with Crippen molar-refractivity contribution in [2.75, 3.05) is 26.7 Å². The van der Waals surface area contributed by atoms with Crippen LogP contribution in [0.1, 0.15) is 32.0 Å². The molecule has 0 bridgehead atoms. The Morgan fingerprint density at radius 1 is 1.34 bits per heavy atom. The number of carbonyl (C=O) groups is 2. The maximum absolute atomic E-state index is 14.7. The predicted octanol–water partition coefficient (Wildman–Crippen LogP) is 2.41. The number of halogens is 2. The summed E-state index contributed by atoms with van der Waals surface area (Å²) in [7, 11) is 1.93. The first kappa shape index (κ1) is 24.2. The maximum atomic E-state index is 14.7. The summed E-state index contributed by atoms with van der Waals surface area (Å²) in [6.07, 6.45) is 0.607. The number of aliphatic hydroxyl groups is 1. The number of likely N-dealkylation sites (N-methyl/N-ethyl adjacent to an activating group) is 1. The van der Waals surface area contributed by atoms with Gasteiger partial charge in [-0.3, -0.25) is 4.79 Å². The van der Waals surface area contributed by atoms with E-state index in [1.807, 2.05) is 32.7 Å². The van der Waals surface area contributed by atoms with Crippen molar-refractivity contribution in [1.82, 2.24) is 25.3 Å². The van der Waals surface area contributed by atoms with Gasteiger partial charge in [-0.2, -0.15) is 9.78 Å². The lowest BCUT2D eigenvalue weighted by molar-refractivity contribution is -0.125. The molecule has 1 aliphatic rings. The number of nitrogens with zero attached hydrogens (tertiary/aromatic N) is 3. The Balaban J connectivity index is 2.00. The summed E-state index contributed by atoms with van der Waals surface area (Å²) in [6, 6.07) is 2.93. The van der Waals surface area contributed by atoms with Gasteiger partial charge >= 0.3 is 6.03 Å². The average Bonchev–Trinajstić information content (AvgIpc) is 3.07. The number of carbonyl (C=O) groups excluding carboxylic acids is 2. The maximum Gasteiger partial charge on any atom is 0.343 e. The first-order chi connectivity index (χ1) is 15.0. The summed E-state index contributed by atoms with van der Waals surface area (Å²) >= 11 is 5.90. The quantitative estimate of drug-likeness (QED) is 0.629. The van der Waals surface area contributed by atoms with Crippen molar-refractivity contribution in [3.05, 3.63) is 40.3 Å². The van der Waals surface area contributed by atoms with Crippen LogP contribution in [-0.2, 0) is 17.8 Å². The van der Waals surface area contributed by atoms with Gasteiger partial charge in [0.05, 0.1) is 18.0 Å². The summed E-state index contributed by atoms with van der Waals surface area (Å²) in [4.78, 5) is 27.9. The number of benzene rings is 1. The van der Waals surface area contributed by atoms with E-state index < -0.39 is 29.2 Å². The van der Waals surface area contributed by atoms with E-state index in [1.54, 1.807) is 12.1 Å². The van der Waals surface area contributed by atoms with Crippen molar-refractivity contribution < 1.29 is 19.1 Å². The molecule has 3 rings (SSSR count). The fourth-order valence-corrected chi connectivity index (χ4v) is 3.91. The number of nitrogens with one attached hydrogen (secondary N) is 2. The zero-order chi connectivity index (χ0) is 23.6. The zero-order valence-electron chi connectivity index (χ0n) is 18.7. The lowest BCUT2D eigenvalue weighted by atomic mass is 9.86. The highest BCUT2D eigenvalue weighted by Crippen LogP contribution is 2.32. The number of hydrogen-bond acceptors (Lipinski definition) is 5. The van der Waals surface area contributed by atoms with Crippen LogP contribution >= 0.6 is 11.6 Å². The number of amides is 2. The number of hydrogen-bond donors (Lipinski definition) is 3. The molecule has 0 saturated heterocycles. The van der Waals surface area contributed by atoms with E-state index >= 15 is 0 Å². The van der Waals surface area contributed by atoms with Crippen molar-refractivity contribution in [1.29, 1.82) is 0 Å². The molecule has 32 heavy (non-hydrogen) atoms. The molecule has 0 spiro atoms. The van der Waals surface area contributed by atoms with Crippen LogP contribution in [0.4, 0.5) is 9.18 Å². The lowest BCUT2D eigenvalue weighted by Crippen LogP contribution is -2.55. The molecular weight excluding hydrogens is 437 g/mol. The van der Waals surface area contributed by atoms with Gasteiger partial charge in [0.1, 0.15) is 11.9 Å². The van der Waals surface area contributed by atoms with Crippen LogP contribution in [0.2, 0.25) is 5.02 Å². The van der Waals surface area contributed by atoms with E-state index in [0.717, 1.165) is 12.1 Å². The molecule has 0 aliphatic carbocycles. The van der Waals surface area contributed by atoms with Crippen LogP contribution in [0.15, 0.2) is 18.2 Å². The largest absolute Gasteiger partial charge is 0.395 e. The molecule has 1 aliphatic heterocycles. The van der Waals surface area contributed by atoms with Gasteiger partial charge in [-0.15, -0.1) is 0 Å². The third-order valence-corrected chi connectivity index (χ3v) is 5.67. The molecular formula is C22H29ClFN5O3. The van der Waals surface area contributed by atoms with E-state index in [0.29, 0.717) is 24.4 Å². The summed E-state index contributed by atoms with van der Waals surface area (Å²) in [5.74, 6) is -0.915. The van der Waals surface area contributed by atoms with E-state index in [1.165, 1.54) is 10.7 Å². The minimum Gasteiger partial charge on any atom is -0.395 e. The van der Waals surface area contributed by atoms with Gasteiger partial charge in [0.15, 0.2) is 0 Å². The molecule has 0 unspecified atom stereocenters. The first-order valence-corrected chi connectivity index (χ1v) is 10.8. The van der Waals surface area contributed by atoms with Gasteiger partial charge in [0.2, 0.25) is 5.91 Å². The monoisotopic (exact) mass is 465 g/mol. The highest BCUT2D eigenvalue weighted by molar-refractivity contribution is 6.30. The van der Waals surface area contributed by atoms with Crippen LogP contribution in [0.25, 0.3) is 11.3 Å². The summed E-state index contributed by atoms with van der Waals surface area (Å²) in [5.41, 5.74) is 1.54. The predicted molar refractivity (Wildman–Crippen MR) is 120 cm³/mol. The second-order valence-electron chi connectivity index (χ2n) is 9.06. The van der Waals surface area contributed by atoms with Crippen LogP contribution in [0.3, 0.4) is 0 Å². The van der Waals surface area contributed by atoms with Crippen molar-refractivity contribution in [3.8, 4) is 11.3 Å². The second-order valence-corrected chi connectivity index (χ2v) is 9.50. The molecule has 0 fully saturated rings. The van der Waals surface area contributed by atoms with Crippen molar-refractivity contribution in [3.63, 3.8) is 0 Å². The van der Waals surface area contributed by atoms with E-state index in [-0.39, 0.29) is 23.7 Å². The van der Waals surface area contributed by atoms with Crippen LogP contribution in [-0.4, -0.2) is 64.5 Å². The minimum absolute atomic E-state index is 0.0865. The van der Waals surface area contributed by atoms with Gasteiger partial charge in [0, 0.05) is 35.8 Å². The van der Waals surface area contributed by atoms with Crippen molar-refractivity contribution in [2.24, 2.45) is 5.41 Å². The Morgan fingerprint density at radius 3 is 2.69 bits per heavy atom. The Hall–Kier alpha value is -2.49. The first-order valence-electron chi connectivity index (χ1n) is 10.5. The zero-order valence-corrected chi connectivity index (χ0v) is 19.5. The smallest absolute Gasteiger partial charge is 0.343 e. The van der Waals surface area contributed by atoms with Gasteiger partial charge in [0.25, 0.3) is 0 Å². The molecule has 0 saturated carbocycles. The van der Waals surface area contributed by atoms with Gasteiger partial charge < -0.3 is 20.6 Å². The second kappa shape index (κ2) is 9.56. The lowest BCUT2D eigenvalue weighted by Gasteiger charge is -2.30. The highest BCUT2D eigenvalue weighted by atomic mass is 35.5. The third kappa shape index (κ3) is 5.11. The van der Waals surface area contributed by atoms with E-state index in [4.69, 9.17) is 16.7 Å². The van der Waals surface area contributed by atoms with E-state index in [2.05, 4.69) is 15.7 Å². The fourth-order valence-electron chi connectivity index (χ4n) is 3.75. The molecule has 8 nitrogen and oxygen atoms in total. The normalized spacial score (nSPS) is 15.2. The Labute approximate surface area is 191 Å². The van der Waals surface area contributed by atoms with Crippen LogP contribution < -0.4 is 10.6 Å². The summed E-state index contributed by atoms with van der Waals surface area (Å²) < 4.78 is 15.9. The Kier molecular flexibility index (Phi) is 7.22. The molecule has 2 amide bonds. The molecule has 174 valence electrons. The number of fused-ring (bicyclic) bond motifs is 1. The summed E-state index contributed by atoms with van der Waals surface area (Å²) in [5, 5.41) is 19.1. The number of aromatic nitrogens is 2. The number of rotatable bonds is 5. The van der Waals surface area contributed by atoms with Gasteiger partial charge in [-0.05, 0) is 37.1 Å². The van der Waals surface area contributed by atoms with Crippen LogP contribution in [0, 0.1) is 11.2 Å². The molecule has 1 aromatic heterocycles. The Morgan fingerprint density at radius 2 is 2.06 bits per heavy atom. The Bertz CT molecular complexity index is 1020. The van der Waals surface area contributed by atoms with Gasteiger partial charge in [-0.1, -0.05) is 32.4 Å². The van der Waals surface area contributed by atoms with Gasteiger partial charge in [-0.25, -0.2) is 9.18 Å². The van der Waals surface area contributed by atoms with Crippen LogP contribution in [0.5, 0.6) is 0 Å². The SMILES string of the molecule is CN1CCc2c(-c3ccc(Cl)cc3F)nn(C(=O)N[C@H](C(=O)NCCO)C(C)(C)C)c2C1. The molecule has 3 N–H and O–H groups in total. The molecule has 10 heteroatoms.